The zero-order valence-electron chi connectivity index (χ0n) is 43.6. The molecule has 0 amide bonds. The molecule has 0 aliphatic heterocycles. The number of nitrogens with zero attached hydrogens (tertiary/aromatic N) is 2. The van der Waals surface area contributed by atoms with Crippen molar-refractivity contribution < 1.29 is 72.4 Å². The van der Waals surface area contributed by atoms with Crippen LogP contribution in [0.4, 0.5) is 8.78 Å². The Morgan fingerprint density at radius 1 is 0.623 bits per heavy atom. The van der Waals surface area contributed by atoms with Gasteiger partial charge in [0.05, 0.1) is 16.5 Å². The van der Waals surface area contributed by atoms with E-state index in [-0.39, 0.29) is 127 Å². The van der Waals surface area contributed by atoms with Gasteiger partial charge in [-0.15, -0.1) is 0 Å². The fraction of sp³-hybridized carbons (Fsp3) is 0.276. The van der Waals surface area contributed by atoms with Crippen LogP contribution in [-0.2, 0) is 87.1 Å². The van der Waals surface area contributed by atoms with Gasteiger partial charge in [0, 0.05) is 137 Å². The normalized spacial score (nSPS) is 13.4. The predicted molar refractivity (Wildman–Crippen MR) is 313 cm³/mol. The van der Waals surface area contributed by atoms with Gasteiger partial charge in [0.1, 0.15) is 11.6 Å². The topological polar surface area (TPSA) is 156 Å². The van der Waals surface area contributed by atoms with Gasteiger partial charge >= 0.3 is 11.3 Å². The van der Waals surface area contributed by atoms with Crippen LogP contribution in [0, 0.1) is 61.3 Å². The molecule has 2 fully saturated rings. The number of halogens is 4. The van der Waals surface area contributed by atoms with Crippen molar-refractivity contribution in [3.8, 4) is 22.3 Å². The minimum atomic E-state index is -3.27. The predicted octanol–water partition coefficient (Wildman–Crippen LogP) is 12.1. The van der Waals surface area contributed by atoms with Crippen molar-refractivity contribution in [2.75, 3.05) is 12.5 Å². The van der Waals surface area contributed by atoms with E-state index in [9.17, 15) is 40.6 Å². The molecule has 406 valence electrons. The van der Waals surface area contributed by atoms with E-state index in [1.54, 1.807) is 65.6 Å². The summed E-state index contributed by atoms with van der Waals surface area (Å²) in [5.74, 6) is -0.526. The number of aromatic nitrogens is 2. The number of fused-ring (bicyclic) bond motifs is 2. The van der Waals surface area contributed by atoms with Gasteiger partial charge in [0.2, 0.25) is 0 Å². The Hall–Kier alpha value is -4.00. The van der Waals surface area contributed by atoms with Gasteiger partial charge in [-0.2, -0.15) is 0 Å². The number of hydrogen-bond donors (Lipinski definition) is 0. The Labute approximate surface area is 504 Å². The Balaban J connectivity index is 0.000000270. The van der Waals surface area contributed by atoms with Crippen LogP contribution in [0.2, 0.25) is 0 Å². The number of rotatable bonds is 12. The number of hydrogen-bond acceptors (Lipinski definition) is 9. The Morgan fingerprint density at radius 2 is 1.01 bits per heavy atom. The number of sulfone groups is 1. The molecule has 1 unspecified atom stereocenters. The fourth-order valence-electron chi connectivity index (χ4n) is 9.80. The molecule has 4 aromatic carbocycles. The monoisotopic (exact) mass is 1650 g/mol. The molecule has 77 heavy (non-hydrogen) atoms. The van der Waals surface area contributed by atoms with Gasteiger partial charge in [-0.25, -0.2) is 26.8 Å². The summed E-state index contributed by atoms with van der Waals surface area (Å²) in [4.78, 5) is 53.9. The first-order chi connectivity index (χ1) is 34.6. The Morgan fingerprint density at radius 3 is 1.38 bits per heavy atom. The van der Waals surface area contributed by atoms with Crippen molar-refractivity contribution in [2.24, 2.45) is 0 Å². The van der Waals surface area contributed by atoms with E-state index in [2.05, 4.69) is 0 Å². The van der Waals surface area contributed by atoms with Crippen LogP contribution in [0.1, 0.15) is 93.7 Å². The van der Waals surface area contributed by atoms with Crippen LogP contribution in [-0.4, -0.2) is 34.3 Å². The third-order valence-corrected chi connectivity index (χ3v) is 16.5. The van der Waals surface area contributed by atoms with Crippen LogP contribution in [0.15, 0.2) is 113 Å². The molecule has 4 heterocycles. The second-order valence-corrected chi connectivity index (χ2v) is 25.2. The van der Waals surface area contributed by atoms with Crippen molar-refractivity contribution in [3.63, 3.8) is 0 Å². The van der Waals surface area contributed by atoms with E-state index in [4.69, 9.17) is 8.83 Å². The summed E-state index contributed by atoms with van der Waals surface area (Å²) in [6, 6.07) is 24.6. The van der Waals surface area contributed by atoms with E-state index >= 15 is 0 Å². The maximum atomic E-state index is 14.8. The molecule has 4 aromatic heterocycles. The molecule has 0 spiro atoms. The fourth-order valence-corrected chi connectivity index (χ4v) is 12.1. The van der Waals surface area contributed by atoms with Gasteiger partial charge < -0.3 is 32.8 Å². The molecule has 10 rings (SSSR count). The van der Waals surface area contributed by atoms with Crippen LogP contribution < -0.4 is 22.4 Å². The van der Waals surface area contributed by atoms with Crippen LogP contribution >= 0.6 is 45.2 Å². The van der Waals surface area contributed by atoms with Gasteiger partial charge in [-0.1, -0.05) is 54.6 Å². The largest absolute Gasteiger partial charge is 0.422 e. The summed E-state index contributed by atoms with van der Waals surface area (Å²) >= 11 is 4.08. The van der Waals surface area contributed by atoms with Crippen LogP contribution in [0.5, 0.6) is 0 Å². The molecule has 1 atom stereocenters. The zero-order chi connectivity index (χ0) is 52.4. The molecule has 8 aromatic rings. The van der Waals surface area contributed by atoms with Crippen molar-refractivity contribution in [1.29, 1.82) is 0 Å². The minimum Gasteiger partial charge on any atom is -0.422 e. The molecule has 0 bridgehead atoms. The van der Waals surface area contributed by atoms with Gasteiger partial charge in [-0.05, 0) is 173 Å². The smallest absolute Gasteiger partial charge is 0.339 e. The van der Waals surface area contributed by atoms with E-state index in [0.29, 0.717) is 66.9 Å². The summed E-state index contributed by atoms with van der Waals surface area (Å²) < 4.78 is 82.1. The van der Waals surface area contributed by atoms with Gasteiger partial charge in [0.25, 0.3) is 11.1 Å². The summed E-state index contributed by atoms with van der Waals surface area (Å²) in [5, 5.41) is 0.582. The van der Waals surface area contributed by atoms with Gasteiger partial charge in [0.15, 0.2) is 21.0 Å². The maximum absolute atomic E-state index is 14.8. The SMILES string of the molecule is Cc1c(Cc2ccc(I)cc2F)c2c(=O)n(C3CC3)c(C)c(-c3cccc(CS(C)(=O)=O)c3)c2oc1=O.Cc1c(Cc2ccc(I)cc2F)c2c(=O)n(C3CC3)c(C)c(-c3cccc(CS(C)=O)c3)c2oc1=O.[CH3-].[CH3-].[W].[W]. The van der Waals surface area contributed by atoms with Crippen LogP contribution in [0.3, 0.4) is 0 Å². The average molecular weight is 1650 g/mol. The zero-order valence-corrected chi connectivity index (χ0v) is 55.4. The summed E-state index contributed by atoms with van der Waals surface area (Å²) in [5.41, 5.74) is 6.59. The standard InChI is InChI=1S/C28H25FINO5S.C28H25FINO4S.2CH3.2W/c1-15-22(12-18-7-8-20(30)13-23(18)29)25-26(36-28(15)33)24(16(2)31(27(25)32)21-9-10-21)19-6-4-5-17(11-19)14-37(3,34)35;1-15-22(12-18-7-8-20(30)13-23(18)29)25-26(35-28(15)33)24(16(2)31(27(25)32)21-9-10-21)19-6-4-5-17(11-19)14-36(3)34;;;;/h4-8,11,13,21H,9-10,12,14H2,1-3H3;4-8,11,13,21H,9-10,12,14H2,1-3H3;2*1H3;;/q;;2*-1;;. The summed E-state index contributed by atoms with van der Waals surface area (Å²) in [6.45, 7) is 6.91. The first-order valence-corrected chi connectivity index (χ1v) is 29.5. The first-order valence-electron chi connectivity index (χ1n) is 23.6. The van der Waals surface area contributed by atoms with E-state index < -0.39 is 37.7 Å². The molecule has 19 heteroatoms. The summed E-state index contributed by atoms with van der Waals surface area (Å²) in [6.07, 6.45) is 6.51. The van der Waals surface area contributed by atoms with E-state index in [0.717, 1.165) is 49.6 Å². The molecular weight excluding hydrogens is 1590 g/mol. The minimum absolute atomic E-state index is 0. The quantitative estimate of drug-likeness (QED) is 0.0858. The van der Waals surface area contributed by atoms with Crippen LogP contribution in [0.25, 0.3) is 44.2 Å². The number of benzene rings is 4. The molecule has 0 saturated heterocycles. The third-order valence-electron chi connectivity index (χ3n) is 13.5. The molecule has 11 nitrogen and oxygen atoms in total. The maximum Gasteiger partial charge on any atom is 0.339 e. The second kappa shape index (κ2) is 25.6. The number of pyridine rings is 2. The van der Waals surface area contributed by atoms with Gasteiger partial charge in [-0.3, -0.25) is 13.8 Å². The third kappa shape index (κ3) is 13.6. The Bertz CT molecular complexity index is 4000. The second-order valence-electron chi connectivity index (χ2n) is 19.1. The molecule has 2 aliphatic carbocycles. The molecule has 0 N–H and O–H groups in total. The van der Waals surface area contributed by atoms with Crippen molar-refractivity contribution in [2.45, 2.75) is 89.8 Å². The molecule has 0 radical (unpaired) electrons. The van der Waals surface area contributed by atoms with Crippen molar-refractivity contribution >= 4 is 87.8 Å². The molecular formula is C58H56F2I2N2O9S2W2-2. The summed E-state index contributed by atoms with van der Waals surface area (Å²) in [7, 11) is -4.29. The van der Waals surface area contributed by atoms with Crippen molar-refractivity contribution in [1.82, 2.24) is 9.13 Å². The first kappa shape index (κ1) is 63.8. The van der Waals surface area contributed by atoms with Crippen molar-refractivity contribution in [3.05, 3.63) is 216 Å². The van der Waals surface area contributed by atoms with E-state index in [1.807, 2.05) is 95.4 Å². The van der Waals surface area contributed by atoms with E-state index in [1.165, 1.54) is 18.4 Å². The molecule has 2 aliphatic rings. The Kier molecular flexibility index (Phi) is 21.2. The average Bonchev–Trinajstić information content (AvgIpc) is 4.26. The molecule has 2 saturated carbocycles.